The van der Waals surface area contributed by atoms with Crippen molar-refractivity contribution in [2.45, 2.75) is 11.4 Å². The molecule has 0 amide bonds. The monoisotopic (exact) mass is 364 g/mol. The molecule has 0 radical (unpaired) electrons. The summed E-state index contributed by atoms with van der Waals surface area (Å²) in [6.45, 7) is 0.271. The van der Waals surface area contributed by atoms with Crippen LogP contribution in [0, 0.1) is 5.82 Å². The Kier molecular flexibility index (Phi) is 4.24. The molecule has 0 unspecified atom stereocenters. The first-order chi connectivity index (χ1) is 8.92. The number of anilines is 1. The molecule has 1 aromatic heterocycles. The first-order valence-corrected chi connectivity index (χ1v) is 8.33. The Morgan fingerprint density at radius 1 is 1.37 bits per heavy atom. The van der Waals surface area contributed by atoms with Gasteiger partial charge in [-0.25, -0.2) is 12.8 Å². The summed E-state index contributed by atoms with van der Waals surface area (Å²) >= 11 is 4.35. The van der Waals surface area contributed by atoms with Gasteiger partial charge in [0.15, 0.2) is 0 Å². The predicted octanol–water partition coefficient (Wildman–Crippen LogP) is 2.91. The second-order valence-corrected chi connectivity index (χ2v) is 7.28. The van der Waals surface area contributed by atoms with Gasteiger partial charge in [0.1, 0.15) is 5.82 Å². The highest BCUT2D eigenvalue weighted by Crippen LogP contribution is 2.24. The molecule has 4 nitrogen and oxygen atoms in total. The van der Waals surface area contributed by atoms with Gasteiger partial charge in [0.25, 0.3) is 10.0 Å². The molecule has 0 atom stereocenters. The summed E-state index contributed by atoms with van der Waals surface area (Å²) in [7, 11) is -3.79. The normalized spacial score (nSPS) is 11.5. The highest BCUT2D eigenvalue weighted by atomic mass is 79.9. The van der Waals surface area contributed by atoms with Crippen LogP contribution in [0.2, 0.25) is 0 Å². The van der Waals surface area contributed by atoms with Crippen LogP contribution in [0.3, 0.4) is 0 Å². The van der Waals surface area contributed by atoms with Crippen molar-refractivity contribution >= 4 is 43.0 Å². The lowest BCUT2D eigenvalue weighted by atomic mass is 10.3. The van der Waals surface area contributed by atoms with Crippen molar-refractivity contribution in [2.24, 2.45) is 5.73 Å². The third-order valence-electron chi connectivity index (χ3n) is 2.32. The van der Waals surface area contributed by atoms with Crippen molar-refractivity contribution in [3.05, 3.63) is 44.8 Å². The van der Waals surface area contributed by atoms with Gasteiger partial charge in [-0.1, -0.05) is 15.9 Å². The molecule has 19 heavy (non-hydrogen) atoms. The SMILES string of the molecule is NCc1cc(S(=O)(=O)Nc2ccc(Br)cc2F)cs1. The molecule has 8 heteroatoms. The van der Waals surface area contributed by atoms with Crippen LogP contribution in [0.1, 0.15) is 4.88 Å². The van der Waals surface area contributed by atoms with Crippen molar-refractivity contribution in [1.29, 1.82) is 0 Å². The molecule has 0 fully saturated rings. The van der Waals surface area contributed by atoms with Gasteiger partial charge < -0.3 is 5.73 Å². The summed E-state index contributed by atoms with van der Waals surface area (Å²) in [5.41, 5.74) is 5.34. The van der Waals surface area contributed by atoms with Gasteiger partial charge in [0.05, 0.1) is 10.6 Å². The van der Waals surface area contributed by atoms with Crippen molar-refractivity contribution in [1.82, 2.24) is 0 Å². The van der Waals surface area contributed by atoms with E-state index in [-0.39, 0.29) is 17.1 Å². The molecule has 1 aromatic carbocycles. The lowest BCUT2D eigenvalue weighted by molar-refractivity contribution is 0.598. The van der Waals surface area contributed by atoms with Gasteiger partial charge in [-0.15, -0.1) is 11.3 Å². The molecule has 2 aromatic rings. The highest BCUT2D eigenvalue weighted by Gasteiger charge is 2.18. The maximum Gasteiger partial charge on any atom is 0.262 e. The fraction of sp³-hybridized carbons (Fsp3) is 0.0909. The number of hydrogen-bond donors (Lipinski definition) is 2. The van der Waals surface area contributed by atoms with Crippen LogP contribution >= 0.6 is 27.3 Å². The Morgan fingerprint density at radius 2 is 2.11 bits per heavy atom. The average Bonchev–Trinajstić information content (AvgIpc) is 2.82. The first kappa shape index (κ1) is 14.4. The summed E-state index contributed by atoms with van der Waals surface area (Å²) in [6.07, 6.45) is 0. The van der Waals surface area contributed by atoms with Crippen LogP contribution in [0.5, 0.6) is 0 Å². The van der Waals surface area contributed by atoms with Gasteiger partial charge in [-0.2, -0.15) is 0 Å². The van der Waals surface area contributed by atoms with Gasteiger partial charge in [0, 0.05) is 21.3 Å². The van der Waals surface area contributed by atoms with E-state index < -0.39 is 15.8 Å². The molecular weight excluding hydrogens is 355 g/mol. The molecule has 0 saturated carbocycles. The third-order valence-corrected chi connectivity index (χ3v) is 5.26. The first-order valence-electron chi connectivity index (χ1n) is 5.18. The van der Waals surface area contributed by atoms with E-state index in [2.05, 4.69) is 20.7 Å². The molecule has 0 spiro atoms. The number of nitrogens with two attached hydrogens (primary N) is 1. The van der Waals surface area contributed by atoms with Crippen LogP contribution in [0.15, 0.2) is 39.0 Å². The molecule has 0 aliphatic heterocycles. The minimum atomic E-state index is -3.79. The minimum Gasteiger partial charge on any atom is -0.326 e. The summed E-state index contributed by atoms with van der Waals surface area (Å²) < 4.78 is 40.4. The van der Waals surface area contributed by atoms with Gasteiger partial charge in [-0.05, 0) is 24.3 Å². The molecule has 0 saturated heterocycles. The number of nitrogens with one attached hydrogen (secondary N) is 1. The zero-order valence-corrected chi connectivity index (χ0v) is 12.8. The Hall–Kier alpha value is -0.960. The van der Waals surface area contributed by atoms with Crippen LogP contribution in [0.4, 0.5) is 10.1 Å². The molecule has 102 valence electrons. The molecule has 2 rings (SSSR count). The second kappa shape index (κ2) is 5.58. The number of benzene rings is 1. The number of thiophene rings is 1. The van der Waals surface area contributed by atoms with Crippen molar-refractivity contribution in [3.63, 3.8) is 0 Å². The third kappa shape index (κ3) is 3.33. The van der Waals surface area contributed by atoms with Gasteiger partial charge in [0.2, 0.25) is 0 Å². The Morgan fingerprint density at radius 3 is 2.68 bits per heavy atom. The van der Waals surface area contributed by atoms with E-state index in [4.69, 9.17) is 5.73 Å². The zero-order chi connectivity index (χ0) is 14.0. The second-order valence-electron chi connectivity index (χ2n) is 3.68. The fourth-order valence-electron chi connectivity index (χ4n) is 1.38. The van der Waals surface area contributed by atoms with E-state index in [1.165, 1.54) is 34.9 Å². The minimum absolute atomic E-state index is 0.0836. The van der Waals surface area contributed by atoms with Gasteiger partial charge in [-0.3, -0.25) is 4.72 Å². The predicted molar refractivity (Wildman–Crippen MR) is 77.1 cm³/mol. The van der Waals surface area contributed by atoms with E-state index >= 15 is 0 Å². The maximum atomic E-state index is 13.6. The lowest BCUT2D eigenvalue weighted by Crippen LogP contribution is -2.13. The van der Waals surface area contributed by atoms with E-state index in [0.29, 0.717) is 4.47 Å². The molecule has 0 bridgehead atoms. The van der Waals surface area contributed by atoms with E-state index in [9.17, 15) is 12.8 Å². The van der Waals surface area contributed by atoms with E-state index in [1.54, 1.807) is 6.07 Å². The Bertz CT molecular complexity index is 700. The lowest BCUT2D eigenvalue weighted by Gasteiger charge is -2.07. The molecule has 3 N–H and O–H groups in total. The number of sulfonamides is 1. The number of halogens is 2. The molecule has 1 heterocycles. The van der Waals surface area contributed by atoms with Crippen LogP contribution in [-0.4, -0.2) is 8.42 Å². The van der Waals surface area contributed by atoms with Crippen LogP contribution in [-0.2, 0) is 16.6 Å². The average molecular weight is 365 g/mol. The van der Waals surface area contributed by atoms with Crippen LogP contribution < -0.4 is 10.5 Å². The summed E-state index contributed by atoms with van der Waals surface area (Å²) in [5, 5.41) is 1.47. The fourth-order valence-corrected chi connectivity index (χ4v) is 3.94. The van der Waals surface area contributed by atoms with E-state index in [1.807, 2.05) is 0 Å². The maximum absolute atomic E-state index is 13.6. The molecular formula is C11H10BrFN2O2S2. The molecule has 0 aliphatic rings. The smallest absolute Gasteiger partial charge is 0.262 e. The summed E-state index contributed by atoms with van der Waals surface area (Å²) in [6, 6.07) is 5.58. The Labute approximate surface area is 122 Å². The van der Waals surface area contributed by atoms with Crippen molar-refractivity contribution in [2.75, 3.05) is 4.72 Å². The van der Waals surface area contributed by atoms with E-state index in [0.717, 1.165) is 4.88 Å². The molecule has 0 aliphatic carbocycles. The topological polar surface area (TPSA) is 72.2 Å². The number of rotatable bonds is 4. The number of hydrogen-bond acceptors (Lipinski definition) is 4. The largest absolute Gasteiger partial charge is 0.326 e. The summed E-state index contributed by atoms with van der Waals surface area (Å²) in [4.78, 5) is 0.830. The highest BCUT2D eigenvalue weighted by molar-refractivity contribution is 9.10. The van der Waals surface area contributed by atoms with Crippen molar-refractivity contribution < 1.29 is 12.8 Å². The zero-order valence-electron chi connectivity index (χ0n) is 9.56. The Balaban J connectivity index is 2.30. The quantitative estimate of drug-likeness (QED) is 0.875. The van der Waals surface area contributed by atoms with Crippen LogP contribution in [0.25, 0.3) is 0 Å². The summed E-state index contributed by atoms with van der Waals surface area (Å²) in [5.74, 6) is -0.646. The standard InChI is InChI=1S/C11H10BrFN2O2S2/c12-7-1-2-11(10(13)3-7)15-19(16,17)9-4-8(5-14)18-6-9/h1-4,6,15H,5,14H2. The van der Waals surface area contributed by atoms with Crippen molar-refractivity contribution in [3.8, 4) is 0 Å². The van der Waals surface area contributed by atoms with Gasteiger partial charge >= 0.3 is 0 Å².